The first kappa shape index (κ1) is 15.4. The first-order valence-corrected chi connectivity index (χ1v) is 6.71. The number of aromatic carboxylic acids is 1. The summed E-state index contributed by atoms with van der Waals surface area (Å²) in [5.41, 5.74) is 0.219. The van der Waals surface area contributed by atoms with E-state index >= 15 is 0 Å². The molecule has 2 rings (SSSR count). The molecule has 7 heteroatoms. The van der Waals surface area contributed by atoms with Gasteiger partial charge in [-0.25, -0.2) is 9.78 Å². The fraction of sp³-hybridized carbons (Fsp3) is 0.500. The molecule has 1 aromatic heterocycles. The largest absolute Gasteiger partial charge is 0.477 e. The summed E-state index contributed by atoms with van der Waals surface area (Å²) < 4.78 is 10.8. The molecule has 7 nitrogen and oxygen atoms in total. The van der Waals surface area contributed by atoms with E-state index in [1.807, 2.05) is 6.92 Å². The van der Waals surface area contributed by atoms with Crippen molar-refractivity contribution in [1.82, 2.24) is 10.3 Å². The van der Waals surface area contributed by atoms with Gasteiger partial charge in [-0.05, 0) is 25.5 Å². The molecular formula is C14H18N2O5. The number of hydrogen-bond donors (Lipinski definition) is 2. The summed E-state index contributed by atoms with van der Waals surface area (Å²) in [6, 6.07) is 2.62. The van der Waals surface area contributed by atoms with Gasteiger partial charge >= 0.3 is 5.97 Å². The van der Waals surface area contributed by atoms with Gasteiger partial charge in [-0.3, -0.25) is 4.79 Å². The number of nitrogens with zero attached hydrogens (tertiary/aromatic N) is 1. The molecule has 0 saturated heterocycles. The second kappa shape index (κ2) is 6.64. The van der Waals surface area contributed by atoms with Crippen molar-refractivity contribution in [2.45, 2.75) is 31.6 Å². The van der Waals surface area contributed by atoms with Gasteiger partial charge in [0, 0.05) is 19.9 Å². The van der Waals surface area contributed by atoms with Crippen molar-refractivity contribution in [3.8, 4) is 0 Å². The lowest BCUT2D eigenvalue weighted by Crippen LogP contribution is -2.61. The molecule has 21 heavy (non-hydrogen) atoms. The van der Waals surface area contributed by atoms with Gasteiger partial charge in [-0.1, -0.05) is 0 Å². The lowest BCUT2D eigenvalue weighted by Gasteiger charge is -2.43. The van der Waals surface area contributed by atoms with E-state index in [9.17, 15) is 9.59 Å². The molecule has 1 aliphatic rings. The maximum atomic E-state index is 12.1. The van der Waals surface area contributed by atoms with E-state index in [1.54, 1.807) is 7.11 Å². The molecule has 0 spiro atoms. The Bertz CT molecular complexity index is 517. The standard InChI is InChI=1S/C14H18N2O5/c1-3-21-11-6-10(12(11)20-2)16-13(17)8-4-5-9(14(18)19)15-7-8/h4-5,7,10-12H,3,6H2,1-2H3,(H,16,17)(H,18,19). The van der Waals surface area contributed by atoms with Gasteiger partial charge in [0.25, 0.3) is 5.91 Å². The third kappa shape index (κ3) is 3.37. The van der Waals surface area contributed by atoms with Crippen molar-refractivity contribution in [2.24, 2.45) is 0 Å². The van der Waals surface area contributed by atoms with Gasteiger partial charge in [-0.15, -0.1) is 0 Å². The smallest absolute Gasteiger partial charge is 0.354 e. The number of rotatable bonds is 6. The number of carbonyl (C=O) groups is 2. The van der Waals surface area contributed by atoms with Crippen LogP contribution in [0.25, 0.3) is 0 Å². The topological polar surface area (TPSA) is 97.8 Å². The summed E-state index contributed by atoms with van der Waals surface area (Å²) in [7, 11) is 1.58. The number of amides is 1. The number of carbonyl (C=O) groups excluding carboxylic acids is 1. The SMILES string of the molecule is CCOC1CC(NC(=O)c2ccc(C(=O)O)nc2)C1OC. The van der Waals surface area contributed by atoms with Gasteiger partial charge in [-0.2, -0.15) is 0 Å². The van der Waals surface area contributed by atoms with Gasteiger partial charge in [0.2, 0.25) is 0 Å². The molecule has 0 aromatic carbocycles. The van der Waals surface area contributed by atoms with Crippen molar-refractivity contribution in [1.29, 1.82) is 0 Å². The van der Waals surface area contributed by atoms with Crippen LogP contribution in [0.2, 0.25) is 0 Å². The van der Waals surface area contributed by atoms with Crippen LogP contribution in [0.15, 0.2) is 18.3 Å². The Hall–Kier alpha value is -1.99. The highest BCUT2D eigenvalue weighted by molar-refractivity contribution is 5.95. The molecular weight excluding hydrogens is 276 g/mol. The number of hydrogen-bond acceptors (Lipinski definition) is 5. The number of nitrogens with one attached hydrogen (secondary N) is 1. The molecule has 1 aromatic rings. The Kier molecular flexibility index (Phi) is 4.87. The summed E-state index contributed by atoms with van der Waals surface area (Å²) in [6.07, 6.45) is 1.77. The average molecular weight is 294 g/mol. The highest BCUT2D eigenvalue weighted by atomic mass is 16.5. The number of carboxylic acids is 1. The Morgan fingerprint density at radius 3 is 2.76 bits per heavy atom. The second-order valence-corrected chi connectivity index (χ2v) is 4.75. The van der Waals surface area contributed by atoms with Gasteiger partial charge in [0.1, 0.15) is 11.8 Å². The summed E-state index contributed by atoms with van der Waals surface area (Å²) in [5.74, 6) is -1.43. The molecule has 3 unspecified atom stereocenters. The Labute approximate surface area is 122 Å². The summed E-state index contributed by atoms with van der Waals surface area (Å²) in [6.45, 7) is 2.51. The van der Waals surface area contributed by atoms with Crippen molar-refractivity contribution in [3.63, 3.8) is 0 Å². The van der Waals surface area contributed by atoms with Gasteiger partial charge in [0.15, 0.2) is 0 Å². The van der Waals surface area contributed by atoms with Crippen LogP contribution in [0.1, 0.15) is 34.2 Å². The molecule has 114 valence electrons. The van der Waals surface area contributed by atoms with Crippen molar-refractivity contribution in [2.75, 3.05) is 13.7 Å². The third-order valence-electron chi connectivity index (χ3n) is 3.46. The number of methoxy groups -OCH3 is 1. The minimum atomic E-state index is -1.13. The van der Waals surface area contributed by atoms with Crippen LogP contribution in [-0.2, 0) is 9.47 Å². The molecule has 1 saturated carbocycles. The molecule has 1 aliphatic carbocycles. The molecule has 0 aliphatic heterocycles. The summed E-state index contributed by atoms with van der Waals surface area (Å²) in [4.78, 5) is 26.5. The van der Waals surface area contributed by atoms with Crippen LogP contribution in [0.4, 0.5) is 0 Å². The van der Waals surface area contributed by atoms with Gasteiger partial charge in [0.05, 0.1) is 17.7 Å². The molecule has 1 heterocycles. The first-order chi connectivity index (χ1) is 10.1. The molecule has 0 radical (unpaired) electrons. The zero-order chi connectivity index (χ0) is 15.4. The highest BCUT2D eigenvalue weighted by Crippen LogP contribution is 2.27. The quantitative estimate of drug-likeness (QED) is 0.801. The van der Waals surface area contributed by atoms with Crippen LogP contribution < -0.4 is 5.32 Å². The number of carboxylic acid groups (broad SMARTS) is 1. The maximum Gasteiger partial charge on any atom is 0.354 e. The van der Waals surface area contributed by atoms with Gasteiger partial charge < -0.3 is 19.9 Å². The zero-order valence-electron chi connectivity index (χ0n) is 11.9. The van der Waals surface area contributed by atoms with Crippen LogP contribution >= 0.6 is 0 Å². The second-order valence-electron chi connectivity index (χ2n) is 4.75. The van der Waals surface area contributed by atoms with Crippen LogP contribution in [0.5, 0.6) is 0 Å². The number of pyridine rings is 1. The molecule has 3 atom stereocenters. The van der Waals surface area contributed by atoms with E-state index in [1.165, 1.54) is 18.3 Å². The first-order valence-electron chi connectivity index (χ1n) is 6.71. The molecule has 0 bridgehead atoms. The Morgan fingerprint density at radius 2 is 2.24 bits per heavy atom. The molecule has 1 fully saturated rings. The van der Waals surface area contributed by atoms with E-state index in [2.05, 4.69) is 10.3 Å². The maximum absolute atomic E-state index is 12.1. The minimum absolute atomic E-state index is 0.00203. The monoisotopic (exact) mass is 294 g/mol. The summed E-state index contributed by atoms with van der Waals surface area (Å²) >= 11 is 0. The van der Waals surface area contributed by atoms with E-state index < -0.39 is 5.97 Å². The van der Waals surface area contributed by atoms with Crippen LogP contribution in [0.3, 0.4) is 0 Å². The lowest BCUT2D eigenvalue weighted by molar-refractivity contribution is -0.128. The predicted octanol–water partition coefficient (Wildman–Crippen LogP) is 0.702. The molecule has 2 N–H and O–H groups in total. The fourth-order valence-corrected chi connectivity index (χ4v) is 2.32. The predicted molar refractivity (Wildman–Crippen MR) is 73.3 cm³/mol. The number of ether oxygens (including phenoxy) is 2. The highest BCUT2D eigenvalue weighted by Gasteiger charge is 2.43. The summed E-state index contributed by atoms with van der Waals surface area (Å²) in [5, 5.41) is 11.6. The third-order valence-corrected chi connectivity index (χ3v) is 3.46. The minimum Gasteiger partial charge on any atom is -0.477 e. The van der Waals surface area contributed by atoms with E-state index in [0.29, 0.717) is 18.6 Å². The van der Waals surface area contributed by atoms with Crippen LogP contribution in [-0.4, -0.2) is 53.9 Å². The normalized spacial score (nSPS) is 24.2. The van der Waals surface area contributed by atoms with Crippen molar-refractivity contribution in [3.05, 3.63) is 29.6 Å². The number of aromatic nitrogens is 1. The van der Waals surface area contributed by atoms with E-state index in [4.69, 9.17) is 14.6 Å². The molecule has 1 amide bonds. The van der Waals surface area contributed by atoms with Crippen molar-refractivity contribution < 1.29 is 24.2 Å². The fourth-order valence-electron chi connectivity index (χ4n) is 2.32. The van der Waals surface area contributed by atoms with E-state index in [-0.39, 0.29) is 29.9 Å². The van der Waals surface area contributed by atoms with E-state index in [0.717, 1.165) is 0 Å². The zero-order valence-corrected chi connectivity index (χ0v) is 11.9. The Morgan fingerprint density at radius 1 is 1.48 bits per heavy atom. The van der Waals surface area contributed by atoms with Crippen molar-refractivity contribution >= 4 is 11.9 Å². The Balaban J connectivity index is 1.94. The van der Waals surface area contributed by atoms with Crippen LogP contribution in [0, 0.1) is 0 Å². The lowest BCUT2D eigenvalue weighted by atomic mass is 9.85. The average Bonchev–Trinajstić information content (AvgIpc) is 2.46.